The summed E-state index contributed by atoms with van der Waals surface area (Å²) in [6.07, 6.45) is 9.48. The lowest BCUT2D eigenvalue weighted by atomic mass is 10.1. The summed E-state index contributed by atoms with van der Waals surface area (Å²) < 4.78 is 26.5. The lowest BCUT2D eigenvalue weighted by Crippen LogP contribution is -2.24. The molecule has 0 aliphatic heterocycles. The summed E-state index contributed by atoms with van der Waals surface area (Å²) in [6, 6.07) is 9.61. The van der Waals surface area contributed by atoms with Crippen LogP contribution in [0.4, 0.5) is 0 Å². The minimum absolute atomic E-state index is 0.0805. The molecular formula is C19H33O6P. The van der Waals surface area contributed by atoms with Gasteiger partial charge in [0.05, 0.1) is 19.8 Å². The van der Waals surface area contributed by atoms with E-state index < -0.39 is 7.82 Å². The van der Waals surface area contributed by atoms with E-state index in [0.717, 1.165) is 18.6 Å². The zero-order chi connectivity index (χ0) is 19.1. The van der Waals surface area contributed by atoms with Gasteiger partial charge < -0.3 is 19.3 Å². The maximum absolute atomic E-state index is 10.6. The lowest BCUT2D eigenvalue weighted by molar-refractivity contribution is 0.0272. The molecule has 0 amide bonds. The number of ether oxygens (including phenoxy) is 2. The van der Waals surface area contributed by atoms with E-state index in [4.69, 9.17) is 19.3 Å². The molecule has 1 aromatic rings. The van der Waals surface area contributed by atoms with Gasteiger partial charge in [-0.2, -0.15) is 0 Å². The van der Waals surface area contributed by atoms with Gasteiger partial charge in [-0.1, -0.05) is 63.6 Å². The normalized spacial score (nSPS) is 12.9. The molecule has 7 heteroatoms. The predicted octanol–water partition coefficient (Wildman–Crippen LogP) is 4.70. The summed E-state index contributed by atoms with van der Waals surface area (Å²) in [7, 11) is -4.43. The van der Waals surface area contributed by atoms with E-state index in [1.807, 2.05) is 30.3 Å². The van der Waals surface area contributed by atoms with Gasteiger partial charge in [0, 0.05) is 0 Å². The number of hydrogen-bond donors (Lipinski definition) is 2. The van der Waals surface area contributed by atoms with Crippen LogP contribution in [0.15, 0.2) is 30.3 Å². The number of phosphoric ester groups is 1. The average Bonchev–Trinajstić information content (AvgIpc) is 2.60. The van der Waals surface area contributed by atoms with Gasteiger partial charge >= 0.3 is 7.82 Å². The molecule has 26 heavy (non-hydrogen) atoms. The highest BCUT2D eigenvalue weighted by atomic mass is 31.2. The Morgan fingerprint density at radius 3 is 2.27 bits per heavy atom. The van der Waals surface area contributed by atoms with Crippen LogP contribution in [0.5, 0.6) is 5.75 Å². The Labute approximate surface area is 157 Å². The molecule has 0 saturated heterocycles. The molecule has 2 N–H and O–H groups in total. The van der Waals surface area contributed by atoms with Crippen LogP contribution < -0.4 is 4.74 Å². The van der Waals surface area contributed by atoms with Crippen molar-refractivity contribution in [3.63, 3.8) is 0 Å². The Balaban J connectivity index is 2.28. The molecule has 0 aliphatic rings. The van der Waals surface area contributed by atoms with Crippen molar-refractivity contribution in [3.8, 4) is 5.75 Å². The standard InChI is InChI=1S/C19H33O6P/c1-2-3-4-5-6-7-9-14-19(25-18-12-10-8-11-13-18)17-23-15-16-24-26(20,21)22/h8,10-13,19H,2-7,9,14-17H2,1H3,(H2,20,21,22). The van der Waals surface area contributed by atoms with Crippen LogP contribution in [0.25, 0.3) is 0 Å². The number of para-hydroxylation sites is 1. The van der Waals surface area contributed by atoms with E-state index in [0.29, 0.717) is 6.61 Å². The zero-order valence-corrected chi connectivity index (χ0v) is 16.6. The molecule has 6 nitrogen and oxygen atoms in total. The van der Waals surface area contributed by atoms with Crippen LogP contribution in [-0.4, -0.2) is 35.7 Å². The van der Waals surface area contributed by atoms with E-state index in [2.05, 4.69) is 11.4 Å². The van der Waals surface area contributed by atoms with E-state index in [-0.39, 0.29) is 19.3 Å². The zero-order valence-electron chi connectivity index (χ0n) is 15.7. The first-order valence-corrected chi connectivity index (χ1v) is 11.0. The number of rotatable bonds is 16. The largest absolute Gasteiger partial charge is 0.488 e. The van der Waals surface area contributed by atoms with Gasteiger partial charge in [-0.15, -0.1) is 0 Å². The van der Waals surface area contributed by atoms with Crippen molar-refractivity contribution in [1.82, 2.24) is 0 Å². The molecule has 0 saturated carbocycles. The highest BCUT2D eigenvalue weighted by Crippen LogP contribution is 2.35. The van der Waals surface area contributed by atoms with Crippen molar-refractivity contribution < 1.29 is 28.3 Å². The summed E-state index contributed by atoms with van der Waals surface area (Å²) in [6.45, 7) is 2.57. The van der Waals surface area contributed by atoms with Crippen molar-refractivity contribution in [2.24, 2.45) is 0 Å². The molecule has 0 spiro atoms. The van der Waals surface area contributed by atoms with E-state index >= 15 is 0 Å². The maximum Gasteiger partial charge on any atom is 0.469 e. The Bertz CT molecular complexity index is 490. The van der Waals surface area contributed by atoms with Crippen molar-refractivity contribution in [3.05, 3.63) is 30.3 Å². The van der Waals surface area contributed by atoms with Gasteiger partial charge in [0.2, 0.25) is 0 Å². The van der Waals surface area contributed by atoms with Gasteiger partial charge in [0.1, 0.15) is 11.9 Å². The fourth-order valence-electron chi connectivity index (χ4n) is 2.63. The summed E-state index contributed by atoms with van der Waals surface area (Å²) in [5, 5.41) is 0. The van der Waals surface area contributed by atoms with Gasteiger partial charge in [-0.3, -0.25) is 4.52 Å². The summed E-state index contributed by atoms with van der Waals surface area (Å²) in [4.78, 5) is 17.3. The lowest BCUT2D eigenvalue weighted by Gasteiger charge is -2.19. The monoisotopic (exact) mass is 388 g/mol. The second-order valence-electron chi connectivity index (χ2n) is 6.36. The molecule has 1 rings (SSSR count). The molecular weight excluding hydrogens is 355 g/mol. The minimum atomic E-state index is -4.43. The Hall–Kier alpha value is -0.910. The third kappa shape index (κ3) is 13.3. The molecule has 0 aromatic heterocycles. The molecule has 0 aliphatic carbocycles. The van der Waals surface area contributed by atoms with Crippen LogP contribution in [0.2, 0.25) is 0 Å². The second-order valence-corrected chi connectivity index (χ2v) is 7.60. The van der Waals surface area contributed by atoms with E-state index in [1.165, 1.54) is 38.5 Å². The van der Waals surface area contributed by atoms with Gasteiger partial charge in [0.15, 0.2) is 0 Å². The SMILES string of the molecule is CCCCCCCCCC(COCCOP(=O)(O)O)Oc1ccccc1. The molecule has 0 fully saturated rings. The Morgan fingerprint density at radius 1 is 0.962 bits per heavy atom. The van der Waals surface area contributed by atoms with Gasteiger partial charge in [-0.25, -0.2) is 4.57 Å². The second kappa shape index (κ2) is 14.2. The molecule has 0 heterocycles. The third-order valence-electron chi connectivity index (χ3n) is 3.97. The summed E-state index contributed by atoms with van der Waals surface area (Å²) >= 11 is 0. The average molecular weight is 388 g/mol. The topological polar surface area (TPSA) is 85.2 Å². The predicted molar refractivity (Wildman–Crippen MR) is 102 cm³/mol. The van der Waals surface area contributed by atoms with Crippen molar-refractivity contribution in [2.75, 3.05) is 19.8 Å². The van der Waals surface area contributed by atoms with Crippen molar-refractivity contribution >= 4 is 7.82 Å². The number of benzene rings is 1. The first kappa shape index (κ1) is 23.1. The third-order valence-corrected chi connectivity index (χ3v) is 4.49. The quantitative estimate of drug-likeness (QED) is 0.315. The summed E-state index contributed by atoms with van der Waals surface area (Å²) in [5.74, 6) is 0.801. The molecule has 0 radical (unpaired) electrons. The molecule has 150 valence electrons. The van der Waals surface area contributed by atoms with E-state index in [1.54, 1.807) is 0 Å². The fraction of sp³-hybridized carbons (Fsp3) is 0.684. The van der Waals surface area contributed by atoms with Gasteiger partial charge in [-0.05, 0) is 25.0 Å². The van der Waals surface area contributed by atoms with Gasteiger partial charge in [0.25, 0.3) is 0 Å². The fourth-order valence-corrected chi connectivity index (χ4v) is 2.94. The molecule has 0 bridgehead atoms. The molecule has 1 unspecified atom stereocenters. The summed E-state index contributed by atoms with van der Waals surface area (Å²) in [5.41, 5.74) is 0. The first-order chi connectivity index (χ1) is 12.5. The molecule has 1 aromatic carbocycles. The number of phosphoric acid groups is 1. The van der Waals surface area contributed by atoms with Crippen LogP contribution in [-0.2, 0) is 13.8 Å². The smallest absolute Gasteiger partial charge is 0.469 e. The Morgan fingerprint density at radius 2 is 1.62 bits per heavy atom. The first-order valence-electron chi connectivity index (χ1n) is 9.51. The maximum atomic E-state index is 10.6. The van der Waals surface area contributed by atoms with Crippen LogP contribution >= 0.6 is 7.82 Å². The number of hydrogen-bond acceptors (Lipinski definition) is 4. The van der Waals surface area contributed by atoms with E-state index in [9.17, 15) is 4.57 Å². The molecule has 1 atom stereocenters. The van der Waals surface area contributed by atoms with Crippen molar-refractivity contribution in [2.45, 2.75) is 64.4 Å². The minimum Gasteiger partial charge on any atom is -0.488 e. The van der Waals surface area contributed by atoms with Crippen LogP contribution in [0, 0.1) is 0 Å². The van der Waals surface area contributed by atoms with Crippen LogP contribution in [0.3, 0.4) is 0 Å². The van der Waals surface area contributed by atoms with Crippen molar-refractivity contribution in [1.29, 1.82) is 0 Å². The Kier molecular flexibility index (Phi) is 12.6. The highest BCUT2D eigenvalue weighted by Gasteiger charge is 2.14. The highest BCUT2D eigenvalue weighted by molar-refractivity contribution is 7.46. The number of unbranched alkanes of at least 4 members (excludes halogenated alkanes) is 6. The van der Waals surface area contributed by atoms with Crippen LogP contribution in [0.1, 0.15) is 58.3 Å².